The first kappa shape index (κ1) is 29.0. The SMILES string of the molecule is CCn1cc2c(n1)C(COC)CN(Cc1ccco1)C2.O=C(O)C(F)(F)F.O=C(O)C(F)(F)F. The summed E-state index contributed by atoms with van der Waals surface area (Å²) in [6.07, 6.45) is -6.28. The van der Waals surface area contributed by atoms with E-state index < -0.39 is 24.3 Å². The fraction of sp³-hybridized carbons (Fsp3) is 0.526. The van der Waals surface area contributed by atoms with Gasteiger partial charge in [0, 0.05) is 44.4 Å². The van der Waals surface area contributed by atoms with Crippen molar-refractivity contribution in [2.75, 3.05) is 20.3 Å². The minimum Gasteiger partial charge on any atom is -0.475 e. The minimum absolute atomic E-state index is 0.339. The van der Waals surface area contributed by atoms with E-state index in [1.165, 1.54) is 11.3 Å². The van der Waals surface area contributed by atoms with Gasteiger partial charge in [-0.3, -0.25) is 9.58 Å². The second-order valence-corrected chi connectivity index (χ2v) is 6.90. The molecule has 9 nitrogen and oxygen atoms in total. The molecule has 1 unspecified atom stereocenters. The van der Waals surface area contributed by atoms with Crippen LogP contribution in [0.1, 0.15) is 29.9 Å². The molecule has 0 saturated heterocycles. The van der Waals surface area contributed by atoms with Crippen molar-refractivity contribution in [3.8, 4) is 0 Å². The van der Waals surface area contributed by atoms with Crippen molar-refractivity contribution in [1.29, 1.82) is 0 Å². The lowest BCUT2D eigenvalue weighted by molar-refractivity contribution is -0.193. The summed E-state index contributed by atoms with van der Waals surface area (Å²) in [5.41, 5.74) is 2.51. The zero-order valence-corrected chi connectivity index (χ0v) is 18.1. The van der Waals surface area contributed by atoms with Gasteiger partial charge < -0.3 is 19.4 Å². The van der Waals surface area contributed by atoms with E-state index in [1.807, 2.05) is 16.8 Å². The number of carboxylic acid groups (broad SMARTS) is 2. The molecule has 0 bridgehead atoms. The molecule has 0 spiro atoms. The lowest BCUT2D eigenvalue weighted by atomic mass is 9.97. The summed E-state index contributed by atoms with van der Waals surface area (Å²) in [6, 6.07) is 3.96. The summed E-state index contributed by atoms with van der Waals surface area (Å²) in [6.45, 7) is 6.46. The average Bonchev–Trinajstić information content (AvgIpc) is 3.37. The number of carbonyl (C=O) groups is 2. The van der Waals surface area contributed by atoms with Crippen LogP contribution >= 0.6 is 0 Å². The number of ether oxygens (including phenoxy) is 1. The Morgan fingerprint density at radius 3 is 2.15 bits per heavy atom. The Kier molecular flexibility index (Phi) is 10.6. The number of aromatic nitrogens is 2. The third-order valence-corrected chi connectivity index (χ3v) is 4.27. The topological polar surface area (TPSA) is 118 Å². The number of fused-ring (bicyclic) bond motifs is 1. The van der Waals surface area contributed by atoms with E-state index in [9.17, 15) is 26.3 Å². The highest BCUT2D eigenvalue weighted by atomic mass is 19.4. The Bertz CT molecular complexity index is 887. The van der Waals surface area contributed by atoms with Gasteiger partial charge in [0.2, 0.25) is 0 Å². The second-order valence-electron chi connectivity index (χ2n) is 6.90. The molecule has 2 aromatic rings. The molecule has 0 radical (unpaired) electrons. The molecule has 192 valence electrons. The minimum atomic E-state index is -5.08. The zero-order valence-electron chi connectivity index (χ0n) is 18.1. The summed E-state index contributed by atoms with van der Waals surface area (Å²) in [7, 11) is 1.75. The average molecular weight is 503 g/mol. The second kappa shape index (κ2) is 12.4. The fourth-order valence-corrected chi connectivity index (χ4v) is 2.88. The van der Waals surface area contributed by atoms with Crippen LogP contribution in [-0.4, -0.2) is 69.4 Å². The van der Waals surface area contributed by atoms with Crippen molar-refractivity contribution in [3.05, 3.63) is 41.6 Å². The molecule has 1 atom stereocenters. The number of halogens is 6. The van der Waals surface area contributed by atoms with Crippen LogP contribution in [0.4, 0.5) is 26.3 Å². The molecule has 0 aromatic carbocycles. The summed E-state index contributed by atoms with van der Waals surface area (Å²) in [5.74, 6) is -4.17. The van der Waals surface area contributed by atoms with E-state index >= 15 is 0 Å². The molecule has 2 aromatic heterocycles. The molecule has 0 saturated carbocycles. The van der Waals surface area contributed by atoms with Gasteiger partial charge in [-0.2, -0.15) is 31.4 Å². The molecule has 0 fully saturated rings. The quantitative estimate of drug-likeness (QED) is 0.596. The first-order chi connectivity index (χ1) is 15.7. The maximum Gasteiger partial charge on any atom is 0.490 e. The van der Waals surface area contributed by atoms with Gasteiger partial charge in [-0.25, -0.2) is 9.59 Å². The van der Waals surface area contributed by atoms with Crippen molar-refractivity contribution < 1.29 is 55.3 Å². The summed E-state index contributed by atoms with van der Waals surface area (Å²) in [5, 5.41) is 18.9. The number of furan rings is 1. The normalized spacial score (nSPS) is 15.9. The first-order valence-corrected chi connectivity index (χ1v) is 9.59. The summed E-state index contributed by atoms with van der Waals surface area (Å²) >= 11 is 0. The van der Waals surface area contributed by atoms with Crippen LogP contribution in [0.2, 0.25) is 0 Å². The Hall–Kier alpha value is -3.07. The van der Waals surface area contributed by atoms with Crippen LogP contribution in [0.15, 0.2) is 29.0 Å². The number of alkyl halides is 6. The molecule has 15 heteroatoms. The number of hydrogen-bond donors (Lipinski definition) is 2. The highest BCUT2D eigenvalue weighted by Crippen LogP contribution is 2.28. The van der Waals surface area contributed by atoms with E-state index in [-0.39, 0.29) is 0 Å². The molecule has 3 heterocycles. The van der Waals surface area contributed by atoms with Gasteiger partial charge in [0.1, 0.15) is 5.76 Å². The van der Waals surface area contributed by atoms with Crippen molar-refractivity contribution in [3.63, 3.8) is 0 Å². The van der Waals surface area contributed by atoms with Crippen LogP contribution in [0.5, 0.6) is 0 Å². The third-order valence-electron chi connectivity index (χ3n) is 4.27. The van der Waals surface area contributed by atoms with Crippen molar-refractivity contribution >= 4 is 11.9 Å². The molecule has 0 aliphatic carbocycles. The van der Waals surface area contributed by atoms with Gasteiger partial charge in [0.15, 0.2) is 0 Å². The molecule has 0 amide bonds. The van der Waals surface area contributed by atoms with Crippen LogP contribution in [0.25, 0.3) is 0 Å². The number of carboxylic acids is 2. The van der Waals surface area contributed by atoms with Crippen LogP contribution in [-0.2, 0) is 34.0 Å². The molecular weight excluding hydrogens is 480 g/mol. The lowest BCUT2D eigenvalue weighted by Gasteiger charge is -2.30. The highest BCUT2D eigenvalue weighted by molar-refractivity contribution is 5.73. The maximum atomic E-state index is 10.6. The van der Waals surface area contributed by atoms with Crippen LogP contribution in [0.3, 0.4) is 0 Å². The Morgan fingerprint density at radius 2 is 1.74 bits per heavy atom. The number of hydrogen-bond acceptors (Lipinski definition) is 6. The third kappa shape index (κ3) is 9.43. The van der Waals surface area contributed by atoms with Gasteiger partial charge in [0.05, 0.1) is 25.1 Å². The molecule has 1 aliphatic rings. The van der Waals surface area contributed by atoms with Crippen molar-refractivity contribution in [1.82, 2.24) is 14.7 Å². The number of aryl methyl sites for hydroxylation is 1. The molecular formula is C19H23F6N3O6. The van der Waals surface area contributed by atoms with Gasteiger partial charge in [0.25, 0.3) is 0 Å². The van der Waals surface area contributed by atoms with Gasteiger partial charge in [-0.1, -0.05) is 0 Å². The lowest BCUT2D eigenvalue weighted by Crippen LogP contribution is -2.34. The number of aliphatic carboxylic acids is 2. The highest BCUT2D eigenvalue weighted by Gasteiger charge is 2.38. The standard InChI is InChI=1S/C15H21N3O2.2C2HF3O2/c1-3-18-9-12-7-17(10-14-5-4-6-20-14)8-13(11-19-2)15(12)16-18;2*3-2(4,5)1(6)7/h4-6,9,13H,3,7-8,10-11H2,1-2H3;2*(H,6,7). The smallest absolute Gasteiger partial charge is 0.475 e. The van der Waals surface area contributed by atoms with E-state index in [0.29, 0.717) is 12.5 Å². The van der Waals surface area contributed by atoms with E-state index in [2.05, 4.69) is 23.1 Å². The predicted octanol–water partition coefficient (Wildman–Crippen LogP) is 3.51. The summed E-state index contributed by atoms with van der Waals surface area (Å²) < 4.78 is 76.3. The molecule has 1 aliphatic heterocycles. The van der Waals surface area contributed by atoms with Crippen molar-refractivity contribution in [2.45, 2.75) is 44.8 Å². The maximum absolute atomic E-state index is 10.6. The van der Waals surface area contributed by atoms with Crippen LogP contribution < -0.4 is 0 Å². The largest absolute Gasteiger partial charge is 0.490 e. The zero-order chi connectivity index (χ0) is 26.1. The number of rotatable bonds is 5. The van der Waals surface area contributed by atoms with Crippen LogP contribution in [0, 0.1) is 0 Å². The fourth-order valence-electron chi connectivity index (χ4n) is 2.88. The number of methoxy groups -OCH3 is 1. The Labute approximate surface area is 189 Å². The Balaban J connectivity index is 0.000000343. The van der Waals surface area contributed by atoms with Crippen molar-refractivity contribution in [2.24, 2.45) is 0 Å². The molecule has 3 rings (SSSR count). The molecule has 34 heavy (non-hydrogen) atoms. The van der Waals surface area contributed by atoms with E-state index in [4.69, 9.17) is 29.0 Å². The van der Waals surface area contributed by atoms with E-state index in [1.54, 1.807) is 13.4 Å². The van der Waals surface area contributed by atoms with E-state index in [0.717, 1.165) is 31.9 Å². The summed E-state index contributed by atoms with van der Waals surface area (Å²) in [4.78, 5) is 20.2. The monoisotopic (exact) mass is 503 g/mol. The molecule has 2 N–H and O–H groups in total. The van der Waals surface area contributed by atoms with Gasteiger partial charge in [-0.05, 0) is 19.1 Å². The van der Waals surface area contributed by atoms with Gasteiger partial charge in [-0.15, -0.1) is 0 Å². The number of nitrogens with zero attached hydrogens (tertiary/aromatic N) is 3. The predicted molar refractivity (Wildman–Crippen MR) is 103 cm³/mol. The first-order valence-electron chi connectivity index (χ1n) is 9.59. The van der Waals surface area contributed by atoms with Gasteiger partial charge >= 0.3 is 24.3 Å². The Morgan fingerprint density at radius 1 is 1.18 bits per heavy atom.